The van der Waals surface area contributed by atoms with Gasteiger partial charge in [0.1, 0.15) is 22.2 Å². The lowest BCUT2D eigenvalue weighted by molar-refractivity contribution is -0.112. The molecule has 3 rings (SSSR count). The van der Waals surface area contributed by atoms with E-state index >= 15 is 0 Å². The minimum Gasteiger partial charge on any atom is -0.493 e. The van der Waals surface area contributed by atoms with Gasteiger partial charge in [-0.3, -0.25) is 4.79 Å². The topological polar surface area (TPSA) is 97.7 Å². The van der Waals surface area contributed by atoms with Gasteiger partial charge in [-0.25, -0.2) is 4.79 Å². The number of nitrogens with one attached hydrogen (secondary N) is 1. The average Bonchev–Trinajstić information content (AvgIpc) is 3.31. The predicted molar refractivity (Wildman–Crippen MR) is 146 cm³/mol. The number of nitriles is 1. The number of amides is 1. The zero-order valence-electron chi connectivity index (χ0n) is 20.8. The lowest BCUT2D eigenvalue weighted by atomic mass is 10.0. The van der Waals surface area contributed by atoms with Crippen LogP contribution in [0.5, 0.6) is 11.5 Å². The second-order valence-corrected chi connectivity index (χ2v) is 9.13. The molecule has 0 spiro atoms. The van der Waals surface area contributed by atoms with Crippen LogP contribution in [0.25, 0.3) is 17.2 Å². The smallest absolute Gasteiger partial charge is 0.341 e. The summed E-state index contributed by atoms with van der Waals surface area (Å²) in [4.78, 5) is 25.8. The third kappa shape index (κ3) is 7.13. The lowest BCUT2D eigenvalue weighted by Gasteiger charge is -2.11. The number of carbonyl (C=O) groups is 2. The van der Waals surface area contributed by atoms with Crippen LogP contribution in [-0.4, -0.2) is 32.2 Å². The molecule has 192 valence electrons. The minimum absolute atomic E-state index is 0.141. The van der Waals surface area contributed by atoms with E-state index in [0.717, 1.165) is 18.4 Å². The van der Waals surface area contributed by atoms with Crippen LogP contribution in [0, 0.1) is 11.3 Å². The SMILES string of the molecule is CCCCOc1ccc(C=C(C#N)C(=O)Nc2scc(-c3ccc(Cl)cc3)c2C(=O)OCC)cc1OC. The molecule has 9 heteroatoms. The van der Waals surface area contributed by atoms with Gasteiger partial charge in [-0.15, -0.1) is 11.3 Å². The molecule has 0 saturated carbocycles. The lowest BCUT2D eigenvalue weighted by Crippen LogP contribution is -2.16. The molecule has 1 aromatic heterocycles. The van der Waals surface area contributed by atoms with Gasteiger partial charge in [-0.2, -0.15) is 5.26 Å². The van der Waals surface area contributed by atoms with Gasteiger partial charge >= 0.3 is 5.97 Å². The number of halogens is 1. The summed E-state index contributed by atoms with van der Waals surface area (Å²) in [6.45, 7) is 4.52. The van der Waals surface area contributed by atoms with E-state index in [1.807, 2.05) is 6.07 Å². The summed E-state index contributed by atoms with van der Waals surface area (Å²) in [6.07, 6.45) is 3.37. The maximum Gasteiger partial charge on any atom is 0.341 e. The van der Waals surface area contributed by atoms with E-state index in [9.17, 15) is 14.9 Å². The van der Waals surface area contributed by atoms with E-state index in [1.165, 1.54) is 24.5 Å². The molecule has 3 aromatic rings. The summed E-state index contributed by atoms with van der Waals surface area (Å²) in [5.74, 6) is -0.142. The Morgan fingerprint density at radius 3 is 2.54 bits per heavy atom. The maximum atomic E-state index is 13.0. The van der Waals surface area contributed by atoms with E-state index in [2.05, 4.69) is 12.2 Å². The van der Waals surface area contributed by atoms with Crippen LogP contribution in [-0.2, 0) is 9.53 Å². The van der Waals surface area contributed by atoms with E-state index in [1.54, 1.807) is 54.8 Å². The van der Waals surface area contributed by atoms with Crippen LogP contribution in [0.4, 0.5) is 5.00 Å². The number of carbonyl (C=O) groups excluding carboxylic acids is 2. The number of ether oxygens (including phenoxy) is 3. The molecular weight excluding hydrogens is 512 g/mol. The van der Waals surface area contributed by atoms with E-state index in [0.29, 0.717) is 34.3 Å². The normalized spacial score (nSPS) is 10.9. The van der Waals surface area contributed by atoms with Gasteiger partial charge in [0.25, 0.3) is 5.91 Å². The summed E-state index contributed by atoms with van der Waals surface area (Å²) >= 11 is 7.17. The summed E-state index contributed by atoms with van der Waals surface area (Å²) in [7, 11) is 1.53. The molecule has 0 atom stereocenters. The largest absolute Gasteiger partial charge is 0.493 e. The molecule has 1 heterocycles. The summed E-state index contributed by atoms with van der Waals surface area (Å²) < 4.78 is 16.4. The highest BCUT2D eigenvalue weighted by Gasteiger charge is 2.24. The number of methoxy groups -OCH3 is 1. The highest BCUT2D eigenvalue weighted by atomic mass is 35.5. The van der Waals surface area contributed by atoms with Gasteiger partial charge in [-0.1, -0.05) is 43.1 Å². The first-order valence-electron chi connectivity index (χ1n) is 11.7. The molecule has 0 fully saturated rings. The van der Waals surface area contributed by atoms with Crippen molar-refractivity contribution in [2.45, 2.75) is 26.7 Å². The molecule has 0 unspecified atom stereocenters. The third-order valence-corrected chi connectivity index (χ3v) is 6.42. The van der Waals surface area contributed by atoms with E-state index < -0.39 is 11.9 Å². The zero-order chi connectivity index (χ0) is 26.8. The Hall–Kier alpha value is -3.80. The molecule has 1 N–H and O–H groups in total. The maximum absolute atomic E-state index is 13.0. The Morgan fingerprint density at radius 2 is 1.89 bits per heavy atom. The molecule has 0 saturated heterocycles. The van der Waals surface area contributed by atoms with E-state index in [4.69, 9.17) is 25.8 Å². The monoisotopic (exact) mass is 538 g/mol. The number of rotatable bonds is 11. The van der Waals surface area contributed by atoms with Crippen LogP contribution in [0.1, 0.15) is 42.6 Å². The Balaban J connectivity index is 1.89. The van der Waals surface area contributed by atoms with Crippen molar-refractivity contribution in [3.63, 3.8) is 0 Å². The number of unbranched alkanes of at least 4 members (excludes halogenated alkanes) is 1. The molecule has 1 amide bonds. The number of nitrogens with zero attached hydrogens (tertiary/aromatic N) is 1. The molecule has 0 bridgehead atoms. The summed E-state index contributed by atoms with van der Waals surface area (Å²) in [6, 6.07) is 14.1. The Labute approximate surface area is 225 Å². The molecule has 2 aromatic carbocycles. The first-order chi connectivity index (χ1) is 17.9. The van der Waals surface area contributed by atoms with Crippen molar-refractivity contribution in [1.82, 2.24) is 0 Å². The number of benzene rings is 2. The van der Waals surface area contributed by atoms with Crippen molar-refractivity contribution < 1.29 is 23.8 Å². The fourth-order valence-corrected chi connectivity index (χ4v) is 4.48. The Bertz CT molecular complexity index is 1330. The second-order valence-electron chi connectivity index (χ2n) is 7.82. The van der Waals surface area contributed by atoms with Crippen LogP contribution in [0.2, 0.25) is 5.02 Å². The van der Waals surface area contributed by atoms with Crippen molar-refractivity contribution >= 4 is 45.9 Å². The van der Waals surface area contributed by atoms with Crippen molar-refractivity contribution in [2.24, 2.45) is 0 Å². The molecule has 0 aliphatic rings. The minimum atomic E-state index is -0.653. The number of hydrogen-bond donors (Lipinski definition) is 1. The fourth-order valence-electron chi connectivity index (χ4n) is 3.40. The van der Waals surface area contributed by atoms with Crippen LogP contribution >= 0.6 is 22.9 Å². The fraction of sp³-hybridized carbons (Fsp3) is 0.250. The summed E-state index contributed by atoms with van der Waals surface area (Å²) in [5, 5.41) is 15.0. The van der Waals surface area contributed by atoms with Crippen molar-refractivity contribution in [3.8, 4) is 28.7 Å². The quantitative estimate of drug-likeness (QED) is 0.122. The Morgan fingerprint density at radius 1 is 1.14 bits per heavy atom. The zero-order valence-corrected chi connectivity index (χ0v) is 22.4. The third-order valence-electron chi connectivity index (χ3n) is 5.27. The van der Waals surface area contributed by atoms with Gasteiger partial charge in [0.05, 0.1) is 20.3 Å². The first-order valence-corrected chi connectivity index (χ1v) is 13.0. The number of thiophene rings is 1. The molecule has 37 heavy (non-hydrogen) atoms. The second kappa shape index (κ2) is 13.5. The van der Waals surface area contributed by atoms with Gasteiger partial charge < -0.3 is 19.5 Å². The standard InChI is InChI=1S/C28H27ClN2O5S/c1-4-6-13-36-23-12-7-18(15-24(23)34-3)14-20(16-30)26(32)31-27-25(28(33)35-5-2)22(17-37-27)19-8-10-21(29)11-9-19/h7-12,14-15,17H,4-6,13H2,1-3H3,(H,31,32). The van der Waals surface area contributed by atoms with E-state index in [-0.39, 0.29) is 22.7 Å². The molecule has 0 radical (unpaired) electrons. The number of esters is 1. The number of anilines is 1. The van der Waals surface area contributed by atoms with Crippen molar-refractivity contribution in [1.29, 1.82) is 5.26 Å². The molecular formula is C28H27ClN2O5S. The summed E-state index contributed by atoms with van der Waals surface area (Å²) in [5.41, 5.74) is 2.01. The van der Waals surface area contributed by atoms with Crippen LogP contribution in [0.15, 0.2) is 53.4 Å². The average molecular weight is 539 g/mol. The predicted octanol–water partition coefficient (Wildman–Crippen LogP) is 6.98. The van der Waals surface area contributed by atoms with Crippen molar-refractivity contribution in [3.05, 3.63) is 69.6 Å². The van der Waals surface area contributed by atoms with Gasteiger partial charge in [0.2, 0.25) is 0 Å². The molecule has 0 aliphatic heterocycles. The first kappa shape index (κ1) is 27.8. The van der Waals surface area contributed by atoms with Crippen LogP contribution < -0.4 is 14.8 Å². The van der Waals surface area contributed by atoms with Crippen LogP contribution in [0.3, 0.4) is 0 Å². The highest BCUT2D eigenvalue weighted by Crippen LogP contribution is 2.37. The van der Waals surface area contributed by atoms with Crippen molar-refractivity contribution in [2.75, 3.05) is 25.6 Å². The number of hydrogen-bond acceptors (Lipinski definition) is 7. The van der Waals surface area contributed by atoms with Gasteiger partial charge in [0.15, 0.2) is 11.5 Å². The highest BCUT2D eigenvalue weighted by molar-refractivity contribution is 7.15. The van der Waals surface area contributed by atoms with Gasteiger partial charge in [-0.05, 0) is 54.8 Å². The molecule has 0 aliphatic carbocycles. The Kier molecular flexibility index (Phi) is 10.1. The van der Waals surface area contributed by atoms with Gasteiger partial charge in [0, 0.05) is 16.0 Å². The molecule has 7 nitrogen and oxygen atoms in total.